The van der Waals surface area contributed by atoms with Crippen LogP contribution in [0.25, 0.3) is 0 Å². The number of esters is 1. The first-order chi connectivity index (χ1) is 6.65. The van der Waals surface area contributed by atoms with E-state index in [1.807, 2.05) is 0 Å². The molecule has 0 aliphatic heterocycles. The van der Waals surface area contributed by atoms with Gasteiger partial charge in [-0.25, -0.2) is 9.18 Å². The van der Waals surface area contributed by atoms with Crippen molar-refractivity contribution in [2.24, 2.45) is 0 Å². The zero-order chi connectivity index (χ0) is 10.6. The number of carbonyl (C=O) groups excluding carboxylic acids is 1. The first kappa shape index (κ1) is 10.7. The molecule has 0 spiro atoms. The van der Waals surface area contributed by atoms with Gasteiger partial charge in [0.2, 0.25) is 0 Å². The molecule has 0 fully saturated rings. The normalized spacial score (nSPS) is 8.79. The van der Waals surface area contributed by atoms with Crippen molar-refractivity contribution >= 4 is 21.9 Å². The van der Waals surface area contributed by atoms with Gasteiger partial charge in [-0.15, -0.1) is 0 Å². The molecule has 0 aliphatic carbocycles. The van der Waals surface area contributed by atoms with Crippen molar-refractivity contribution in [3.05, 3.63) is 34.1 Å². The minimum absolute atomic E-state index is 0.151. The lowest BCUT2D eigenvalue weighted by atomic mass is 10.2. The number of rotatable bonds is 0. The third kappa shape index (κ3) is 2.57. The van der Waals surface area contributed by atoms with Gasteiger partial charge in [-0.05, 0) is 28.1 Å². The predicted octanol–water partition coefficient (Wildman–Crippen LogP) is 2.11. The molecule has 0 saturated carbocycles. The summed E-state index contributed by atoms with van der Waals surface area (Å²) < 4.78 is 17.9. The minimum Gasteiger partial charge on any atom is -0.459 e. The zero-order valence-electron chi connectivity index (χ0n) is 7.30. The fraction of sp³-hybridized carbons (Fsp3) is 0.100. The molecule has 0 aromatic heterocycles. The molecule has 0 heterocycles. The Morgan fingerprint density at radius 2 is 2.29 bits per heavy atom. The van der Waals surface area contributed by atoms with Gasteiger partial charge in [0.05, 0.1) is 12.7 Å². The highest BCUT2D eigenvalue weighted by Gasteiger charge is 2.02. The molecule has 1 aromatic carbocycles. The van der Waals surface area contributed by atoms with E-state index in [4.69, 9.17) is 0 Å². The second-order valence-corrected chi connectivity index (χ2v) is 3.19. The molecule has 0 atom stereocenters. The van der Waals surface area contributed by atoms with Crippen molar-refractivity contribution in [1.29, 1.82) is 0 Å². The molecular formula is C10H6BrFO2. The smallest absolute Gasteiger partial charge is 0.384 e. The second kappa shape index (κ2) is 4.77. The molecule has 14 heavy (non-hydrogen) atoms. The summed E-state index contributed by atoms with van der Waals surface area (Å²) in [5, 5.41) is 0. The Morgan fingerprint density at radius 1 is 1.57 bits per heavy atom. The lowest BCUT2D eigenvalue weighted by Gasteiger charge is -1.96. The van der Waals surface area contributed by atoms with Crippen LogP contribution >= 0.6 is 15.9 Å². The summed E-state index contributed by atoms with van der Waals surface area (Å²) in [7, 11) is 1.22. The summed E-state index contributed by atoms with van der Waals surface area (Å²) in [6.45, 7) is 0. The van der Waals surface area contributed by atoms with Crippen molar-refractivity contribution < 1.29 is 13.9 Å². The van der Waals surface area contributed by atoms with E-state index in [0.717, 1.165) is 0 Å². The van der Waals surface area contributed by atoms with Crippen molar-refractivity contribution in [1.82, 2.24) is 0 Å². The van der Waals surface area contributed by atoms with Crippen LogP contribution in [0.15, 0.2) is 22.7 Å². The number of ether oxygens (including phenoxy) is 1. The molecule has 2 nitrogen and oxygen atoms in total. The van der Waals surface area contributed by atoms with Crippen LogP contribution < -0.4 is 0 Å². The van der Waals surface area contributed by atoms with E-state index >= 15 is 0 Å². The summed E-state index contributed by atoms with van der Waals surface area (Å²) in [6, 6.07) is 4.46. The van der Waals surface area contributed by atoms with E-state index in [0.29, 0.717) is 4.47 Å². The van der Waals surface area contributed by atoms with Gasteiger partial charge in [0.15, 0.2) is 0 Å². The monoisotopic (exact) mass is 256 g/mol. The summed E-state index contributed by atoms with van der Waals surface area (Å²) in [4.78, 5) is 10.7. The van der Waals surface area contributed by atoms with E-state index < -0.39 is 11.8 Å². The second-order valence-electron chi connectivity index (χ2n) is 2.34. The lowest BCUT2D eigenvalue weighted by molar-refractivity contribution is -0.133. The molecule has 0 N–H and O–H groups in total. The molecule has 72 valence electrons. The first-order valence-electron chi connectivity index (χ1n) is 3.69. The van der Waals surface area contributed by atoms with Crippen LogP contribution in [0.1, 0.15) is 5.56 Å². The highest BCUT2D eigenvalue weighted by Crippen LogP contribution is 2.17. The third-order valence-corrected chi connectivity index (χ3v) is 2.10. The molecule has 1 rings (SSSR count). The molecule has 0 amide bonds. The molecule has 1 aromatic rings. The SMILES string of the molecule is COC(=O)C#Cc1c(F)cccc1Br. The Kier molecular flexibility index (Phi) is 3.66. The maximum Gasteiger partial charge on any atom is 0.384 e. The fourth-order valence-electron chi connectivity index (χ4n) is 0.782. The molecule has 0 radical (unpaired) electrons. The molecule has 0 bridgehead atoms. The van der Waals surface area contributed by atoms with Crippen molar-refractivity contribution in [2.75, 3.05) is 7.11 Å². The molecule has 0 unspecified atom stereocenters. The van der Waals surface area contributed by atoms with Gasteiger partial charge in [-0.1, -0.05) is 12.0 Å². The number of hydrogen-bond donors (Lipinski definition) is 0. The quantitative estimate of drug-likeness (QED) is 0.525. The minimum atomic E-state index is -0.694. The number of carbonyl (C=O) groups is 1. The lowest BCUT2D eigenvalue weighted by Crippen LogP contribution is -1.95. The predicted molar refractivity (Wildman–Crippen MR) is 53.0 cm³/mol. The van der Waals surface area contributed by atoms with Crippen molar-refractivity contribution in [3.8, 4) is 11.8 Å². The average molecular weight is 257 g/mol. The van der Waals surface area contributed by atoms with Gasteiger partial charge in [-0.2, -0.15) is 0 Å². The van der Waals surface area contributed by atoms with E-state index in [1.165, 1.54) is 13.2 Å². The highest BCUT2D eigenvalue weighted by atomic mass is 79.9. The Morgan fingerprint density at radius 3 is 2.86 bits per heavy atom. The van der Waals surface area contributed by atoms with Gasteiger partial charge >= 0.3 is 5.97 Å². The number of hydrogen-bond acceptors (Lipinski definition) is 2. The van der Waals surface area contributed by atoms with Crippen LogP contribution in [0.3, 0.4) is 0 Å². The summed E-state index contributed by atoms with van der Waals surface area (Å²) in [5.74, 6) is 3.36. The van der Waals surface area contributed by atoms with Crippen LogP contribution in [0.4, 0.5) is 4.39 Å². The first-order valence-corrected chi connectivity index (χ1v) is 4.48. The van der Waals surface area contributed by atoms with Gasteiger partial charge in [-0.3, -0.25) is 0 Å². The molecule has 4 heteroatoms. The largest absolute Gasteiger partial charge is 0.459 e. The summed E-state index contributed by atoms with van der Waals surface area (Å²) >= 11 is 3.12. The van der Waals surface area contributed by atoms with Gasteiger partial charge < -0.3 is 4.74 Å². The maximum absolute atomic E-state index is 13.1. The number of benzene rings is 1. The van der Waals surface area contributed by atoms with Crippen LogP contribution in [0.5, 0.6) is 0 Å². The van der Waals surface area contributed by atoms with E-state index in [9.17, 15) is 9.18 Å². The number of methoxy groups -OCH3 is 1. The Bertz CT molecular complexity index is 398. The van der Waals surface area contributed by atoms with Crippen molar-refractivity contribution in [2.45, 2.75) is 0 Å². The Balaban J connectivity index is 3.06. The topological polar surface area (TPSA) is 26.3 Å². The van der Waals surface area contributed by atoms with E-state index in [-0.39, 0.29) is 5.56 Å². The molecule has 0 saturated heterocycles. The van der Waals surface area contributed by atoms with Gasteiger partial charge in [0.25, 0.3) is 0 Å². The van der Waals surface area contributed by atoms with E-state index in [2.05, 4.69) is 32.5 Å². The van der Waals surface area contributed by atoms with Gasteiger partial charge in [0, 0.05) is 10.4 Å². The van der Waals surface area contributed by atoms with Gasteiger partial charge in [0.1, 0.15) is 5.82 Å². The Labute approximate surface area is 89.2 Å². The van der Waals surface area contributed by atoms with Crippen molar-refractivity contribution in [3.63, 3.8) is 0 Å². The molecular weight excluding hydrogens is 251 g/mol. The third-order valence-electron chi connectivity index (χ3n) is 1.44. The fourth-order valence-corrected chi connectivity index (χ4v) is 1.22. The van der Waals surface area contributed by atoms with Crippen LogP contribution in [0, 0.1) is 17.7 Å². The number of halogens is 2. The van der Waals surface area contributed by atoms with Crippen LogP contribution in [-0.4, -0.2) is 13.1 Å². The van der Waals surface area contributed by atoms with Crippen LogP contribution in [-0.2, 0) is 9.53 Å². The highest BCUT2D eigenvalue weighted by molar-refractivity contribution is 9.10. The standard InChI is InChI=1S/C10H6BrFO2/c1-14-10(13)6-5-7-8(11)3-2-4-9(7)12/h2-4H,1H3. The van der Waals surface area contributed by atoms with Crippen LogP contribution in [0.2, 0.25) is 0 Å². The Hall–Kier alpha value is -1.34. The average Bonchev–Trinajstić information content (AvgIpc) is 2.16. The summed E-state index contributed by atoms with van der Waals surface area (Å²) in [6.07, 6.45) is 0. The zero-order valence-corrected chi connectivity index (χ0v) is 8.89. The van der Waals surface area contributed by atoms with E-state index in [1.54, 1.807) is 12.1 Å². The molecule has 0 aliphatic rings. The maximum atomic E-state index is 13.1. The summed E-state index contributed by atoms with van der Waals surface area (Å²) in [5.41, 5.74) is 0.151.